The molecule has 22 heavy (non-hydrogen) atoms. The molecule has 2 N–H and O–H groups in total. The van der Waals surface area contributed by atoms with Crippen LogP contribution < -0.4 is 10.1 Å². The highest BCUT2D eigenvalue weighted by atomic mass is 16.5. The highest BCUT2D eigenvalue weighted by Crippen LogP contribution is 2.23. The van der Waals surface area contributed by atoms with Gasteiger partial charge in [0.1, 0.15) is 5.75 Å². The van der Waals surface area contributed by atoms with Crippen molar-refractivity contribution in [2.45, 2.75) is 51.5 Å². The predicted octanol–water partition coefficient (Wildman–Crippen LogP) is 2.95. The van der Waals surface area contributed by atoms with Gasteiger partial charge < -0.3 is 15.2 Å². The number of rotatable bonds is 8. The molecule has 0 aliphatic heterocycles. The highest BCUT2D eigenvalue weighted by Gasteiger charge is 2.22. The molecule has 0 aromatic heterocycles. The largest absolute Gasteiger partial charge is 0.497 e. The molecule has 1 amide bonds. The van der Waals surface area contributed by atoms with E-state index < -0.39 is 11.5 Å². The molecular formula is C17H25NO4. The van der Waals surface area contributed by atoms with Crippen LogP contribution in [0.25, 0.3) is 0 Å². The Hall–Kier alpha value is -2.04. The lowest BCUT2D eigenvalue weighted by Gasteiger charge is -2.26. The maximum Gasteiger partial charge on any atom is 0.303 e. The third-order valence-electron chi connectivity index (χ3n) is 3.60. The number of benzene rings is 1. The van der Waals surface area contributed by atoms with Gasteiger partial charge in [-0.2, -0.15) is 0 Å². The van der Waals surface area contributed by atoms with Crippen LogP contribution in [0, 0.1) is 0 Å². The van der Waals surface area contributed by atoms with Crippen LogP contribution >= 0.6 is 0 Å². The molecule has 1 rings (SSSR count). The first kappa shape index (κ1) is 18.0. The summed E-state index contributed by atoms with van der Waals surface area (Å²) in [6.45, 7) is 5.66. The smallest absolute Gasteiger partial charge is 0.303 e. The van der Waals surface area contributed by atoms with Gasteiger partial charge in [-0.25, -0.2) is 0 Å². The van der Waals surface area contributed by atoms with Crippen LogP contribution in [0.15, 0.2) is 24.3 Å². The fourth-order valence-electron chi connectivity index (χ4n) is 2.25. The summed E-state index contributed by atoms with van der Waals surface area (Å²) in [6.07, 6.45) is 0.796. The molecule has 1 aromatic rings. The molecule has 0 radical (unpaired) electrons. The van der Waals surface area contributed by atoms with Gasteiger partial charge >= 0.3 is 5.97 Å². The molecule has 0 bridgehead atoms. The van der Waals surface area contributed by atoms with E-state index in [-0.39, 0.29) is 18.2 Å². The van der Waals surface area contributed by atoms with Crippen LogP contribution in [0.1, 0.15) is 51.5 Å². The normalized spacial score (nSPS) is 12.5. The average molecular weight is 307 g/mol. The molecule has 122 valence electrons. The van der Waals surface area contributed by atoms with Crippen molar-refractivity contribution in [2.24, 2.45) is 0 Å². The van der Waals surface area contributed by atoms with Crippen molar-refractivity contribution in [2.75, 3.05) is 7.11 Å². The summed E-state index contributed by atoms with van der Waals surface area (Å²) < 4.78 is 5.19. The van der Waals surface area contributed by atoms with Crippen LogP contribution in [0.2, 0.25) is 0 Å². The summed E-state index contributed by atoms with van der Waals surface area (Å²) in [4.78, 5) is 22.8. The minimum Gasteiger partial charge on any atom is -0.497 e. The maximum absolute atomic E-state index is 12.2. The van der Waals surface area contributed by atoms with Crippen molar-refractivity contribution in [3.63, 3.8) is 0 Å². The quantitative estimate of drug-likeness (QED) is 0.774. The van der Waals surface area contributed by atoms with Gasteiger partial charge in [0, 0.05) is 18.4 Å². The molecule has 1 unspecified atom stereocenters. The van der Waals surface area contributed by atoms with Crippen LogP contribution in [0.3, 0.4) is 0 Å². The predicted molar refractivity (Wildman–Crippen MR) is 85.1 cm³/mol. The third-order valence-corrected chi connectivity index (χ3v) is 3.60. The summed E-state index contributed by atoms with van der Waals surface area (Å²) in [5.41, 5.74) is 0.515. The highest BCUT2D eigenvalue weighted by molar-refractivity contribution is 5.77. The van der Waals surface area contributed by atoms with E-state index in [1.165, 1.54) is 0 Å². The SMILES string of the molecule is COc1cccc(C(C)CC(=O)NC(C)(C)CCC(=O)O)c1. The van der Waals surface area contributed by atoms with Gasteiger partial charge in [0.25, 0.3) is 0 Å². The molecule has 0 saturated carbocycles. The van der Waals surface area contributed by atoms with Crippen molar-refractivity contribution in [3.05, 3.63) is 29.8 Å². The second kappa shape index (κ2) is 7.82. The molecule has 5 heteroatoms. The van der Waals surface area contributed by atoms with Crippen molar-refractivity contribution >= 4 is 11.9 Å². The summed E-state index contributed by atoms with van der Waals surface area (Å²) >= 11 is 0. The lowest BCUT2D eigenvalue weighted by molar-refractivity contribution is -0.137. The Balaban J connectivity index is 2.58. The van der Waals surface area contributed by atoms with Crippen molar-refractivity contribution < 1.29 is 19.4 Å². The summed E-state index contributed by atoms with van der Waals surface area (Å²) in [7, 11) is 1.61. The summed E-state index contributed by atoms with van der Waals surface area (Å²) in [5, 5.41) is 11.6. The van der Waals surface area contributed by atoms with Crippen LogP contribution in [-0.2, 0) is 9.59 Å². The van der Waals surface area contributed by atoms with Crippen LogP contribution in [0.4, 0.5) is 0 Å². The Morgan fingerprint density at radius 1 is 1.36 bits per heavy atom. The number of carbonyl (C=O) groups excluding carboxylic acids is 1. The van der Waals surface area contributed by atoms with Crippen LogP contribution in [0.5, 0.6) is 5.75 Å². The fraction of sp³-hybridized carbons (Fsp3) is 0.529. The number of methoxy groups -OCH3 is 1. The van der Waals surface area contributed by atoms with E-state index >= 15 is 0 Å². The number of aliphatic carboxylic acids is 1. The summed E-state index contributed by atoms with van der Waals surface area (Å²) in [5.74, 6) is -0.102. The molecule has 1 aromatic carbocycles. The van der Waals surface area contributed by atoms with E-state index in [1.807, 2.05) is 45.0 Å². The van der Waals surface area contributed by atoms with Gasteiger partial charge in [0.15, 0.2) is 0 Å². The van der Waals surface area contributed by atoms with Crippen molar-refractivity contribution in [1.82, 2.24) is 5.32 Å². The van der Waals surface area contributed by atoms with Gasteiger partial charge in [-0.1, -0.05) is 19.1 Å². The van der Waals surface area contributed by atoms with Crippen molar-refractivity contribution in [3.8, 4) is 5.75 Å². The third kappa shape index (κ3) is 6.16. The van der Waals surface area contributed by atoms with Gasteiger partial charge in [0.05, 0.1) is 7.11 Å². The minimum atomic E-state index is -0.855. The molecule has 0 aliphatic carbocycles. The zero-order chi connectivity index (χ0) is 16.8. The van der Waals surface area contributed by atoms with Crippen molar-refractivity contribution in [1.29, 1.82) is 0 Å². The van der Waals surface area contributed by atoms with Gasteiger partial charge in [0.2, 0.25) is 5.91 Å². The molecule has 0 saturated heterocycles. The zero-order valence-electron chi connectivity index (χ0n) is 13.7. The molecule has 0 fully saturated rings. The summed E-state index contributed by atoms with van der Waals surface area (Å²) in [6, 6.07) is 7.66. The number of carbonyl (C=O) groups is 2. The Labute approximate surface area is 131 Å². The Morgan fingerprint density at radius 2 is 2.05 bits per heavy atom. The number of carboxylic acids is 1. The minimum absolute atomic E-state index is 0.0404. The van der Waals surface area contributed by atoms with Crippen LogP contribution in [-0.4, -0.2) is 29.6 Å². The molecule has 0 spiro atoms. The first-order valence-corrected chi connectivity index (χ1v) is 7.40. The van der Waals surface area contributed by atoms with E-state index in [0.29, 0.717) is 12.8 Å². The number of carboxylic acid groups (broad SMARTS) is 1. The fourth-order valence-corrected chi connectivity index (χ4v) is 2.25. The lowest BCUT2D eigenvalue weighted by atomic mass is 9.94. The lowest BCUT2D eigenvalue weighted by Crippen LogP contribution is -2.44. The number of amides is 1. The number of nitrogens with one attached hydrogen (secondary N) is 1. The molecule has 0 aliphatic rings. The Morgan fingerprint density at radius 3 is 2.64 bits per heavy atom. The Bertz CT molecular complexity index is 525. The number of hydrogen-bond donors (Lipinski definition) is 2. The van der Waals surface area contributed by atoms with Gasteiger partial charge in [-0.15, -0.1) is 0 Å². The first-order valence-electron chi connectivity index (χ1n) is 7.40. The van der Waals surface area contributed by atoms with E-state index in [0.717, 1.165) is 11.3 Å². The molecular weight excluding hydrogens is 282 g/mol. The topological polar surface area (TPSA) is 75.6 Å². The number of hydrogen-bond acceptors (Lipinski definition) is 3. The van der Waals surface area contributed by atoms with E-state index in [9.17, 15) is 9.59 Å². The maximum atomic E-state index is 12.2. The second-order valence-electron chi connectivity index (χ2n) is 6.21. The zero-order valence-corrected chi connectivity index (χ0v) is 13.7. The molecule has 1 atom stereocenters. The second-order valence-corrected chi connectivity index (χ2v) is 6.21. The molecule has 0 heterocycles. The van der Waals surface area contributed by atoms with Gasteiger partial charge in [-0.05, 0) is 43.9 Å². The Kier molecular flexibility index (Phi) is 6.40. The van der Waals surface area contributed by atoms with E-state index in [4.69, 9.17) is 9.84 Å². The number of ether oxygens (including phenoxy) is 1. The van der Waals surface area contributed by atoms with E-state index in [1.54, 1.807) is 7.11 Å². The first-order chi connectivity index (χ1) is 10.2. The van der Waals surface area contributed by atoms with E-state index in [2.05, 4.69) is 5.32 Å². The standard InChI is InChI=1S/C17H25NO4/c1-12(13-6-5-7-14(11-13)22-4)10-15(19)18-17(2,3)9-8-16(20)21/h5-7,11-12H,8-10H2,1-4H3,(H,18,19)(H,20,21). The molecule has 5 nitrogen and oxygen atoms in total. The monoisotopic (exact) mass is 307 g/mol. The average Bonchev–Trinajstić information content (AvgIpc) is 2.44. The van der Waals surface area contributed by atoms with Gasteiger partial charge in [-0.3, -0.25) is 9.59 Å².